The summed E-state index contributed by atoms with van der Waals surface area (Å²) in [6.45, 7) is 2.87. The van der Waals surface area contributed by atoms with Crippen molar-refractivity contribution in [2.75, 3.05) is 11.3 Å². The predicted molar refractivity (Wildman–Crippen MR) is 123 cm³/mol. The molecule has 1 aliphatic rings. The maximum absolute atomic E-state index is 12.6. The van der Waals surface area contributed by atoms with E-state index in [2.05, 4.69) is 29.2 Å². The Morgan fingerprint density at radius 2 is 1.91 bits per heavy atom. The number of fused-ring (bicyclic) bond motifs is 1. The van der Waals surface area contributed by atoms with Crippen LogP contribution in [0.4, 0.5) is 18.9 Å². The normalized spacial score (nSPS) is 14.4. The highest BCUT2D eigenvalue weighted by atomic mass is 32.2. The molecule has 1 fully saturated rings. The van der Waals surface area contributed by atoms with Crippen molar-refractivity contribution in [3.05, 3.63) is 48.0 Å². The van der Waals surface area contributed by atoms with Crippen LogP contribution in [-0.2, 0) is 0 Å². The van der Waals surface area contributed by atoms with Gasteiger partial charge >= 0.3 is 6.18 Å². The Balaban J connectivity index is 1.78. The summed E-state index contributed by atoms with van der Waals surface area (Å²) in [6.07, 6.45) is -1.37. The van der Waals surface area contributed by atoms with Crippen LogP contribution in [-0.4, -0.2) is 22.6 Å². The molecule has 0 aliphatic heterocycles. The summed E-state index contributed by atoms with van der Waals surface area (Å²) in [6, 6.07) is 15.3. The zero-order valence-corrected chi connectivity index (χ0v) is 18.7. The number of halogens is 3. The Labute approximate surface area is 189 Å². The van der Waals surface area contributed by atoms with Crippen molar-refractivity contribution in [1.29, 1.82) is 5.26 Å². The van der Waals surface area contributed by atoms with E-state index >= 15 is 0 Å². The molecule has 4 nitrogen and oxygen atoms in total. The number of aromatic nitrogens is 1. The van der Waals surface area contributed by atoms with Crippen LogP contribution < -0.4 is 9.46 Å². The lowest BCUT2D eigenvalue weighted by molar-refractivity contribution is -0.153. The molecule has 4 rings (SSSR count). The molecule has 1 aromatic heterocycles. The van der Waals surface area contributed by atoms with Gasteiger partial charge in [0.05, 0.1) is 16.8 Å². The van der Waals surface area contributed by atoms with Crippen molar-refractivity contribution in [3.8, 4) is 23.1 Å². The molecular weight excluding hydrogens is 435 g/mol. The maximum atomic E-state index is 12.6. The number of nitrogens with one attached hydrogen (secondary N) is 1. The van der Waals surface area contributed by atoms with Gasteiger partial charge in [0.1, 0.15) is 11.8 Å². The number of benzene rings is 2. The molecule has 0 saturated heterocycles. The van der Waals surface area contributed by atoms with Crippen LogP contribution in [0.25, 0.3) is 22.2 Å². The lowest BCUT2D eigenvalue weighted by Crippen LogP contribution is -2.19. The molecule has 1 saturated carbocycles. The summed E-state index contributed by atoms with van der Waals surface area (Å²) in [7, 11) is 0. The quantitative estimate of drug-likeness (QED) is 0.376. The van der Waals surface area contributed by atoms with Crippen LogP contribution in [0.3, 0.4) is 0 Å². The van der Waals surface area contributed by atoms with Crippen molar-refractivity contribution in [2.24, 2.45) is 0 Å². The van der Waals surface area contributed by atoms with Gasteiger partial charge in [0.25, 0.3) is 0 Å². The first-order chi connectivity index (χ1) is 15.3. The second kappa shape index (κ2) is 8.99. The topological polar surface area (TPSA) is 50.0 Å². The number of nitrogens with zero attached hydrogens (tertiary/aromatic N) is 2. The molecule has 0 radical (unpaired) electrons. The monoisotopic (exact) mass is 459 g/mol. The fourth-order valence-corrected chi connectivity index (χ4v) is 4.36. The highest BCUT2D eigenvalue weighted by molar-refractivity contribution is 8.01. The second-order valence-electron chi connectivity index (χ2n) is 8.22. The van der Waals surface area contributed by atoms with Crippen LogP contribution in [0.2, 0.25) is 0 Å². The molecule has 0 amide bonds. The summed E-state index contributed by atoms with van der Waals surface area (Å²) in [5.41, 5.74) is 3.95. The van der Waals surface area contributed by atoms with E-state index in [4.69, 9.17) is 4.74 Å². The second-order valence-corrected chi connectivity index (χ2v) is 9.60. The summed E-state index contributed by atoms with van der Waals surface area (Å²) >= 11 is 1.62. The van der Waals surface area contributed by atoms with Crippen molar-refractivity contribution < 1.29 is 17.9 Å². The third-order valence-electron chi connectivity index (χ3n) is 5.50. The van der Waals surface area contributed by atoms with E-state index in [1.165, 1.54) is 6.07 Å². The van der Waals surface area contributed by atoms with Gasteiger partial charge in [0.2, 0.25) is 0 Å². The molecule has 0 atom stereocenters. The van der Waals surface area contributed by atoms with E-state index in [0.717, 1.165) is 47.1 Å². The van der Waals surface area contributed by atoms with Crippen molar-refractivity contribution in [3.63, 3.8) is 0 Å². The zero-order chi connectivity index (χ0) is 22.9. The molecule has 8 heteroatoms. The highest BCUT2D eigenvalue weighted by Gasteiger charge is 2.30. The Hall–Kier alpha value is -2.79. The molecule has 1 aliphatic carbocycles. The van der Waals surface area contributed by atoms with Crippen molar-refractivity contribution in [2.45, 2.75) is 50.6 Å². The van der Waals surface area contributed by atoms with Gasteiger partial charge in [-0.1, -0.05) is 26.0 Å². The molecular formula is C24H24F3N3OS. The third-order valence-corrected chi connectivity index (χ3v) is 6.33. The van der Waals surface area contributed by atoms with Gasteiger partial charge in [0, 0.05) is 28.4 Å². The fourth-order valence-electron chi connectivity index (χ4n) is 3.85. The molecule has 1 heterocycles. The van der Waals surface area contributed by atoms with E-state index in [0.29, 0.717) is 10.8 Å². The molecule has 3 aromatic rings. The number of hydrogen-bond donors (Lipinski definition) is 1. The SMILES string of the molecule is CC(C)SNc1ccc(-c2c(C#N)c3ccc(OCC(F)(F)F)cc3n2C2CCC2)cc1. The number of ether oxygens (including phenoxy) is 1. The summed E-state index contributed by atoms with van der Waals surface area (Å²) in [4.78, 5) is 0. The molecule has 168 valence electrons. The van der Waals surface area contributed by atoms with Crippen LogP contribution in [0.15, 0.2) is 42.5 Å². The molecule has 0 spiro atoms. The standard InChI is InChI=1S/C24H24F3N3OS/c1-15(2)32-29-17-8-6-16(7-9-17)23-21(13-28)20-11-10-19(31-14-24(25,26)27)12-22(20)30(23)18-4-3-5-18/h6-12,15,18,29H,3-5,14H2,1-2H3. The van der Waals surface area contributed by atoms with Gasteiger partial charge in [-0.3, -0.25) is 0 Å². The zero-order valence-electron chi connectivity index (χ0n) is 17.9. The first kappa shape index (κ1) is 22.4. The summed E-state index contributed by atoms with van der Waals surface area (Å²) < 4.78 is 48.3. The van der Waals surface area contributed by atoms with Crippen LogP contribution in [0, 0.1) is 11.3 Å². The minimum absolute atomic E-state index is 0.147. The lowest BCUT2D eigenvalue weighted by atomic mass is 9.92. The Morgan fingerprint density at radius 1 is 1.19 bits per heavy atom. The van der Waals surface area contributed by atoms with Crippen LogP contribution >= 0.6 is 11.9 Å². The van der Waals surface area contributed by atoms with E-state index < -0.39 is 12.8 Å². The first-order valence-electron chi connectivity index (χ1n) is 10.6. The van der Waals surface area contributed by atoms with Gasteiger partial charge in [-0.15, -0.1) is 0 Å². The number of nitriles is 1. The van der Waals surface area contributed by atoms with Gasteiger partial charge in [-0.25, -0.2) is 0 Å². The number of alkyl halides is 3. The van der Waals surface area contributed by atoms with Gasteiger partial charge in [-0.2, -0.15) is 18.4 Å². The molecule has 2 aromatic carbocycles. The number of rotatable bonds is 7. The van der Waals surface area contributed by atoms with E-state index in [1.54, 1.807) is 24.1 Å². The van der Waals surface area contributed by atoms with Crippen LogP contribution in [0.5, 0.6) is 5.75 Å². The average molecular weight is 460 g/mol. The van der Waals surface area contributed by atoms with E-state index in [-0.39, 0.29) is 11.8 Å². The third kappa shape index (κ3) is 4.68. The van der Waals surface area contributed by atoms with E-state index in [1.807, 2.05) is 24.3 Å². The first-order valence-corrected chi connectivity index (χ1v) is 11.4. The Morgan fingerprint density at radius 3 is 2.47 bits per heavy atom. The molecule has 0 bridgehead atoms. The Kier molecular flexibility index (Phi) is 6.29. The number of anilines is 1. The summed E-state index contributed by atoms with van der Waals surface area (Å²) in [5.74, 6) is 0.147. The van der Waals surface area contributed by atoms with E-state index in [9.17, 15) is 18.4 Å². The average Bonchev–Trinajstić information content (AvgIpc) is 3.03. The van der Waals surface area contributed by atoms with Crippen molar-refractivity contribution in [1.82, 2.24) is 4.57 Å². The smallest absolute Gasteiger partial charge is 0.422 e. The lowest BCUT2D eigenvalue weighted by Gasteiger charge is -2.30. The van der Waals surface area contributed by atoms with Gasteiger partial charge in [-0.05, 0) is 61.0 Å². The van der Waals surface area contributed by atoms with Gasteiger partial charge < -0.3 is 14.0 Å². The minimum Gasteiger partial charge on any atom is -0.484 e. The Bertz CT molecular complexity index is 1140. The fraction of sp³-hybridized carbons (Fsp3) is 0.375. The largest absolute Gasteiger partial charge is 0.484 e. The molecule has 32 heavy (non-hydrogen) atoms. The van der Waals surface area contributed by atoms with Crippen LogP contribution in [0.1, 0.15) is 44.7 Å². The summed E-state index contributed by atoms with van der Waals surface area (Å²) in [5, 5.41) is 11.2. The highest BCUT2D eigenvalue weighted by Crippen LogP contribution is 2.43. The van der Waals surface area contributed by atoms with Gasteiger partial charge in [0.15, 0.2) is 6.61 Å². The minimum atomic E-state index is -4.41. The predicted octanol–water partition coefficient (Wildman–Crippen LogP) is 7.31. The number of hydrogen-bond acceptors (Lipinski definition) is 4. The molecule has 1 N–H and O–H groups in total. The van der Waals surface area contributed by atoms with Crippen molar-refractivity contribution >= 4 is 28.5 Å². The molecule has 0 unspecified atom stereocenters. The maximum Gasteiger partial charge on any atom is 0.422 e.